The van der Waals surface area contributed by atoms with Crippen LogP contribution in [0.2, 0.25) is 0 Å². The molecule has 1 amide bonds. The van der Waals surface area contributed by atoms with E-state index in [-0.39, 0.29) is 5.91 Å². The third kappa shape index (κ3) is 4.26. The standard InChI is InChI=1S/C22H21NO4/c1-26-20-14-17-11-7-6-10-16(17)13-18(20)21(24)23-19(22(25)27-2)12-15-8-4-3-5-9-15/h3-11,13-14,19H,12H2,1-2H3,(H,23,24)/t19-/m1/s1. The molecule has 3 aromatic rings. The lowest BCUT2D eigenvalue weighted by molar-refractivity contribution is -0.142. The zero-order chi connectivity index (χ0) is 19.2. The number of esters is 1. The molecule has 0 aromatic heterocycles. The normalized spacial score (nSPS) is 11.6. The molecule has 138 valence electrons. The lowest BCUT2D eigenvalue weighted by Crippen LogP contribution is -2.43. The van der Waals surface area contributed by atoms with Crippen LogP contribution in [0.15, 0.2) is 66.7 Å². The van der Waals surface area contributed by atoms with Gasteiger partial charge in [0.25, 0.3) is 5.91 Å². The van der Waals surface area contributed by atoms with E-state index in [1.807, 2.05) is 60.7 Å². The van der Waals surface area contributed by atoms with E-state index >= 15 is 0 Å². The molecule has 0 aliphatic carbocycles. The monoisotopic (exact) mass is 363 g/mol. The van der Waals surface area contributed by atoms with Gasteiger partial charge in [0, 0.05) is 6.42 Å². The van der Waals surface area contributed by atoms with Gasteiger partial charge in [-0.05, 0) is 28.5 Å². The molecule has 0 heterocycles. The number of rotatable bonds is 6. The van der Waals surface area contributed by atoms with E-state index in [0.717, 1.165) is 16.3 Å². The average molecular weight is 363 g/mol. The Labute approximate surface area is 157 Å². The molecule has 0 saturated heterocycles. The molecule has 1 atom stereocenters. The molecule has 0 spiro atoms. The minimum Gasteiger partial charge on any atom is -0.496 e. The Balaban J connectivity index is 1.88. The van der Waals surface area contributed by atoms with Crippen LogP contribution >= 0.6 is 0 Å². The van der Waals surface area contributed by atoms with Crippen LogP contribution in [0.3, 0.4) is 0 Å². The van der Waals surface area contributed by atoms with Gasteiger partial charge in [-0.25, -0.2) is 4.79 Å². The topological polar surface area (TPSA) is 64.6 Å². The summed E-state index contributed by atoms with van der Waals surface area (Å²) in [6, 6.07) is 20.0. The molecular formula is C22H21NO4. The molecule has 0 aliphatic heterocycles. The van der Waals surface area contributed by atoms with E-state index in [0.29, 0.717) is 17.7 Å². The van der Waals surface area contributed by atoms with Gasteiger partial charge in [-0.1, -0.05) is 54.6 Å². The number of nitrogens with one attached hydrogen (secondary N) is 1. The molecule has 0 bridgehead atoms. The largest absolute Gasteiger partial charge is 0.496 e. The first kappa shape index (κ1) is 18.5. The van der Waals surface area contributed by atoms with Crippen molar-refractivity contribution in [3.05, 3.63) is 77.9 Å². The van der Waals surface area contributed by atoms with E-state index in [1.165, 1.54) is 14.2 Å². The van der Waals surface area contributed by atoms with Gasteiger partial charge in [0.1, 0.15) is 11.8 Å². The molecule has 0 aliphatic rings. The highest BCUT2D eigenvalue weighted by Gasteiger charge is 2.24. The molecule has 0 saturated carbocycles. The lowest BCUT2D eigenvalue weighted by atomic mass is 10.0. The quantitative estimate of drug-likeness (QED) is 0.682. The summed E-state index contributed by atoms with van der Waals surface area (Å²) in [5.74, 6) is -0.426. The summed E-state index contributed by atoms with van der Waals surface area (Å²) in [4.78, 5) is 25.1. The Hall–Kier alpha value is -3.34. The fourth-order valence-corrected chi connectivity index (χ4v) is 2.99. The van der Waals surface area contributed by atoms with Crippen LogP contribution in [0.5, 0.6) is 5.75 Å². The second-order valence-electron chi connectivity index (χ2n) is 6.14. The van der Waals surface area contributed by atoms with Gasteiger partial charge in [-0.15, -0.1) is 0 Å². The number of amides is 1. The Morgan fingerprint density at radius 2 is 1.56 bits per heavy atom. The van der Waals surface area contributed by atoms with Crippen molar-refractivity contribution in [2.75, 3.05) is 14.2 Å². The Morgan fingerprint density at radius 3 is 2.19 bits per heavy atom. The van der Waals surface area contributed by atoms with Crippen LogP contribution in [0.1, 0.15) is 15.9 Å². The Morgan fingerprint density at radius 1 is 0.926 bits per heavy atom. The molecule has 0 fully saturated rings. The van der Waals surface area contributed by atoms with Crippen LogP contribution in [0.4, 0.5) is 0 Å². The number of carbonyl (C=O) groups excluding carboxylic acids is 2. The van der Waals surface area contributed by atoms with Gasteiger partial charge < -0.3 is 14.8 Å². The summed E-state index contributed by atoms with van der Waals surface area (Å²) in [7, 11) is 2.83. The summed E-state index contributed by atoms with van der Waals surface area (Å²) in [5, 5.41) is 4.67. The SMILES string of the molecule is COC(=O)[C@@H](Cc1ccccc1)NC(=O)c1cc2ccccc2cc1OC. The zero-order valence-electron chi connectivity index (χ0n) is 15.3. The summed E-state index contributed by atoms with van der Waals surface area (Å²) in [6.07, 6.45) is 0.342. The van der Waals surface area contributed by atoms with Crippen LogP contribution in [0.25, 0.3) is 10.8 Å². The predicted octanol–water partition coefficient (Wildman–Crippen LogP) is 3.36. The van der Waals surface area contributed by atoms with Crippen LogP contribution in [-0.4, -0.2) is 32.1 Å². The van der Waals surface area contributed by atoms with E-state index in [9.17, 15) is 9.59 Å². The predicted molar refractivity (Wildman–Crippen MR) is 104 cm³/mol. The second kappa shape index (κ2) is 8.36. The zero-order valence-corrected chi connectivity index (χ0v) is 15.3. The fourth-order valence-electron chi connectivity index (χ4n) is 2.99. The fraction of sp³-hybridized carbons (Fsp3) is 0.182. The second-order valence-corrected chi connectivity index (χ2v) is 6.14. The van der Waals surface area contributed by atoms with Crippen molar-refractivity contribution in [2.24, 2.45) is 0 Å². The summed E-state index contributed by atoms with van der Waals surface area (Å²) in [6.45, 7) is 0. The molecular weight excluding hydrogens is 342 g/mol. The first-order valence-electron chi connectivity index (χ1n) is 8.61. The van der Waals surface area contributed by atoms with Gasteiger partial charge in [-0.3, -0.25) is 4.79 Å². The van der Waals surface area contributed by atoms with Crippen molar-refractivity contribution in [3.63, 3.8) is 0 Å². The van der Waals surface area contributed by atoms with Crippen LogP contribution < -0.4 is 10.1 Å². The minimum absolute atomic E-state index is 0.342. The maximum absolute atomic E-state index is 12.9. The minimum atomic E-state index is -0.791. The summed E-state index contributed by atoms with van der Waals surface area (Å²) in [5.41, 5.74) is 1.30. The van der Waals surface area contributed by atoms with Crippen LogP contribution in [-0.2, 0) is 16.0 Å². The molecule has 27 heavy (non-hydrogen) atoms. The van der Waals surface area contributed by atoms with Gasteiger partial charge in [0.05, 0.1) is 19.8 Å². The molecule has 1 N–H and O–H groups in total. The van der Waals surface area contributed by atoms with E-state index < -0.39 is 12.0 Å². The lowest BCUT2D eigenvalue weighted by Gasteiger charge is -2.18. The molecule has 3 aromatic carbocycles. The maximum Gasteiger partial charge on any atom is 0.328 e. The highest BCUT2D eigenvalue weighted by molar-refractivity contribution is 6.03. The third-order valence-corrected chi connectivity index (χ3v) is 4.39. The molecule has 3 rings (SSSR count). The van der Waals surface area contributed by atoms with Crippen molar-refractivity contribution in [1.29, 1.82) is 0 Å². The smallest absolute Gasteiger partial charge is 0.328 e. The highest BCUT2D eigenvalue weighted by atomic mass is 16.5. The summed E-state index contributed by atoms with van der Waals surface area (Å²) < 4.78 is 10.2. The highest BCUT2D eigenvalue weighted by Crippen LogP contribution is 2.26. The van der Waals surface area contributed by atoms with E-state index in [1.54, 1.807) is 6.07 Å². The summed E-state index contributed by atoms with van der Waals surface area (Å²) >= 11 is 0. The molecule has 5 heteroatoms. The number of methoxy groups -OCH3 is 2. The number of hydrogen-bond acceptors (Lipinski definition) is 4. The number of benzene rings is 3. The van der Waals surface area contributed by atoms with E-state index in [2.05, 4.69) is 5.32 Å². The van der Waals surface area contributed by atoms with Gasteiger partial charge in [-0.2, -0.15) is 0 Å². The Kier molecular flexibility index (Phi) is 5.71. The number of ether oxygens (including phenoxy) is 2. The average Bonchev–Trinajstić information content (AvgIpc) is 2.72. The van der Waals surface area contributed by atoms with Crippen LogP contribution in [0, 0.1) is 0 Å². The first-order chi connectivity index (χ1) is 13.1. The number of fused-ring (bicyclic) bond motifs is 1. The van der Waals surface area contributed by atoms with Gasteiger partial charge >= 0.3 is 5.97 Å². The number of carbonyl (C=O) groups is 2. The first-order valence-corrected chi connectivity index (χ1v) is 8.61. The molecule has 0 radical (unpaired) electrons. The van der Waals surface area contributed by atoms with Crippen molar-refractivity contribution in [3.8, 4) is 5.75 Å². The molecule has 0 unspecified atom stereocenters. The van der Waals surface area contributed by atoms with Crippen molar-refractivity contribution in [2.45, 2.75) is 12.5 Å². The third-order valence-electron chi connectivity index (χ3n) is 4.39. The van der Waals surface area contributed by atoms with E-state index in [4.69, 9.17) is 9.47 Å². The maximum atomic E-state index is 12.9. The van der Waals surface area contributed by atoms with Gasteiger partial charge in [0.2, 0.25) is 0 Å². The molecule has 5 nitrogen and oxygen atoms in total. The number of hydrogen-bond donors (Lipinski definition) is 1. The van der Waals surface area contributed by atoms with Gasteiger partial charge in [0.15, 0.2) is 0 Å². The Bertz CT molecular complexity index is 953. The van der Waals surface area contributed by atoms with Crippen molar-refractivity contribution >= 4 is 22.6 Å². The van der Waals surface area contributed by atoms with Crippen molar-refractivity contribution < 1.29 is 19.1 Å². The van der Waals surface area contributed by atoms with Crippen molar-refractivity contribution in [1.82, 2.24) is 5.32 Å².